The highest BCUT2D eigenvalue weighted by atomic mass is 16.5. The van der Waals surface area contributed by atoms with Crippen LogP contribution in [-0.4, -0.2) is 31.3 Å². The maximum atomic E-state index is 12.7. The summed E-state index contributed by atoms with van der Waals surface area (Å²) >= 11 is 0. The van der Waals surface area contributed by atoms with Crippen molar-refractivity contribution >= 4 is 28.3 Å². The van der Waals surface area contributed by atoms with Gasteiger partial charge in [-0.25, -0.2) is 0 Å². The Kier molecular flexibility index (Phi) is 5.84. The zero-order chi connectivity index (χ0) is 20.1. The van der Waals surface area contributed by atoms with E-state index in [9.17, 15) is 10.0 Å². The number of hydrogen-bond donors (Lipinski definition) is 2. The molecule has 146 valence electrons. The van der Waals surface area contributed by atoms with Gasteiger partial charge in [0.15, 0.2) is 0 Å². The number of nitrogens with one attached hydrogen (secondary N) is 1. The lowest BCUT2D eigenvalue weighted by Gasteiger charge is -2.21. The second-order valence-corrected chi connectivity index (χ2v) is 6.15. The van der Waals surface area contributed by atoms with Crippen LogP contribution in [0, 0.1) is 0 Å². The lowest BCUT2D eigenvalue weighted by Crippen LogP contribution is -2.22. The molecule has 0 aliphatic rings. The molecule has 0 atom stereocenters. The number of rotatable bonds is 6. The fraction of sp³-hybridized carbons (Fsp3) is 0.238. The number of nitrogens with zero attached hydrogens (tertiary/aromatic N) is 2. The number of amides is 1. The van der Waals surface area contributed by atoms with Crippen LogP contribution in [0.1, 0.15) is 24.2 Å². The van der Waals surface area contributed by atoms with E-state index in [1.165, 1.54) is 0 Å². The van der Waals surface area contributed by atoms with Crippen LogP contribution in [0.15, 0.2) is 58.1 Å². The van der Waals surface area contributed by atoms with E-state index < -0.39 is 5.91 Å². The molecule has 7 nitrogen and oxygen atoms in total. The van der Waals surface area contributed by atoms with Crippen LogP contribution in [-0.2, 0) is 0 Å². The molecule has 1 amide bonds. The summed E-state index contributed by atoms with van der Waals surface area (Å²) in [7, 11) is 1.55. The number of hydrogen-bond acceptors (Lipinski definition) is 6. The Labute approximate surface area is 162 Å². The minimum atomic E-state index is -0.445. The number of methoxy groups -OCH3 is 1. The zero-order valence-electron chi connectivity index (χ0n) is 16.1. The quantitative estimate of drug-likeness (QED) is 0.500. The van der Waals surface area contributed by atoms with E-state index in [-0.39, 0.29) is 11.1 Å². The molecule has 0 unspecified atom stereocenters. The fourth-order valence-electron chi connectivity index (χ4n) is 3.03. The third-order valence-corrected chi connectivity index (χ3v) is 4.53. The summed E-state index contributed by atoms with van der Waals surface area (Å²) in [6, 6.07) is 14.4. The molecule has 2 aromatic carbocycles. The normalized spacial score (nSPS) is 11.5. The van der Waals surface area contributed by atoms with E-state index in [0.717, 1.165) is 24.2 Å². The Balaban J connectivity index is 1.98. The minimum absolute atomic E-state index is 0.133. The third kappa shape index (κ3) is 3.93. The standard InChI is InChI=1S/C21H23N3O4/c1-4-24(5-2)16-10-9-14-11-18(21(23-26)28-19(14)13-16)20(25)22-15-7-6-8-17(12-15)27-3/h6-13,26H,4-5H2,1-3H3,(H,22,25)/b23-21-. The summed E-state index contributed by atoms with van der Waals surface area (Å²) < 4.78 is 10.9. The monoisotopic (exact) mass is 381 g/mol. The van der Waals surface area contributed by atoms with Crippen molar-refractivity contribution in [1.29, 1.82) is 0 Å². The van der Waals surface area contributed by atoms with E-state index in [0.29, 0.717) is 17.0 Å². The molecule has 0 fully saturated rings. The summed E-state index contributed by atoms with van der Waals surface area (Å²) in [6.07, 6.45) is 0. The van der Waals surface area contributed by atoms with Crippen molar-refractivity contribution in [2.45, 2.75) is 13.8 Å². The smallest absolute Gasteiger partial charge is 0.268 e. The van der Waals surface area contributed by atoms with E-state index >= 15 is 0 Å². The molecule has 0 saturated heterocycles. The van der Waals surface area contributed by atoms with Crippen molar-refractivity contribution in [3.05, 3.63) is 59.6 Å². The second kappa shape index (κ2) is 8.47. The topological polar surface area (TPSA) is 87.3 Å². The van der Waals surface area contributed by atoms with Crippen LogP contribution in [0.5, 0.6) is 5.75 Å². The van der Waals surface area contributed by atoms with E-state index in [1.807, 2.05) is 18.2 Å². The number of carbonyl (C=O) groups excluding carboxylic acids is 1. The first-order valence-electron chi connectivity index (χ1n) is 9.06. The van der Waals surface area contributed by atoms with Gasteiger partial charge in [-0.1, -0.05) is 6.07 Å². The maximum Gasteiger partial charge on any atom is 0.268 e. The predicted molar refractivity (Wildman–Crippen MR) is 108 cm³/mol. The van der Waals surface area contributed by atoms with E-state index in [2.05, 4.69) is 29.2 Å². The summed E-state index contributed by atoms with van der Waals surface area (Å²) in [5, 5.41) is 16.0. The number of anilines is 2. The van der Waals surface area contributed by atoms with Gasteiger partial charge in [-0.3, -0.25) is 4.79 Å². The van der Waals surface area contributed by atoms with Gasteiger partial charge in [-0.2, -0.15) is 0 Å². The molecule has 3 aromatic rings. The summed E-state index contributed by atoms with van der Waals surface area (Å²) in [6.45, 7) is 5.87. The molecule has 7 heteroatoms. The molecule has 1 heterocycles. The van der Waals surface area contributed by atoms with Gasteiger partial charge in [-0.05, 0) is 49.3 Å². The molecular weight excluding hydrogens is 358 g/mol. The molecule has 0 bridgehead atoms. The van der Waals surface area contributed by atoms with Gasteiger partial charge in [-0.15, -0.1) is 0 Å². The van der Waals surface area contributed by atoms with Crippen molar-refractivity contribution in [2.75, 3.05) is 30.4 Å². The van der Waals surface area contributed by atoms with Crippen LogP contribution in [0.4, 0.5) is 11.4 Å². The summed E-state index contributed by atoms with van der Waals surface area (Å²) in [4.78, 5) is 14.9. The molecule has 28 heavy (non-hydrogen) atoms. The first-order valence-corrected chi connectivity index (χ1v) is 9.06. The molecular formula is C21H23N3O4. The van der Waals surface area contributed by atoms with Gasteiger partial charge in [0.05, 0.1) is 7.11 Å². The molecule has 2 N–H and O–H groups in total. The maximum absolute atomic E-state index is 12.7. The molecule has 0 aliphatic carbocycles. The Morgan fingerprint density at radius 1 is 1.18 bits per heavy atom. The molecule has 3 rings (SSSR count). The summed E-state index contributed by atoms with van der Waals surface area (Å²) in [5.74, 6) is 0.177. The molecule has 0 aliphatic heterocycles. The van der Waals surface area contributed by atoms with Crippen molar-refractivity contribution in [1.82, 2.24) is 0 Å². The number of fused-ring (bicyclic) bond motifs is 1. The lowest BCUT2D eigenvalue weighted by atomic mass is 10.1. The highest BCUT2D eigenvalue weighted by Gasteiger charge is 2.14. The Hall–Kier alpha value is -3.48. The molecule has 0 spiro atoms. The fourth-order valence-corrected chi connectivity index (χ4v) is 3.03. The average molecular weight is 381 g/mol. The number of ether oxygens (including phenoxy) is 1. The Bertz CT molecular complexity index is 1050. The van der Waals surface area contributed by atoms with Gasteiger partial charge >= 0.3 is 0 Å². The second-order valence-electron chi connectivity index (χ2n) is 6.15. The van der Waals surface area contributed by atoms with Crippen LogP contribution in [0.2, 0.25) is 0 Å². The Morgan fingerprint density at radius 3 is 2.64 bits per heavy atom. The molecule has 0 saturated carbocycles. The van der Waals surface area contributed by atoms with Gasteiger partial charge in [0.25, 0.3) is 11.5 Å². The van der Waals surface area contributed by atoms with Gasteiger partial charge < -0.3 is 24.6 Å². The highest BCUT2D eigenvalue weighted by molar-refractivity contribution is 6.05. The van der Waals surface area contributed by atoms with Crippen molar-refractivity contribution in [2.24, 2.45) is 5.16 Å². The third-order valence-electron chi connectivity index (χ3n) is 4.53. The van der Waals surface area contributed by atoms with Gasteiger partial charge in [0, 0.05) is 42.0 Å². The highest BCUT2D eigenvalue weighted by Crippen LogP contribution is 2.23. The SMILES string of the molecule is CCN(CC)c1ccc2cc(C(=O)Nc3cccc(OC)c3)/c(=N/O)oc2c1. The first-order chi connectivity index (χ1) is 13.6. The van der Waals surface area contributed by atoms with Gasteiger partial charge in [0.2, 0.25) is 0 Å². The minimum Gasteiger partial charge on any atom is -0.497 e. The van der Waals surface area contributed by atoms with Gasteiger partial charge in [0.1, 0.15) is 16.9 Å². The zero-order valence-corrected chi connectivity index (χ0v) is 16.1. The van der Waals surface area contributed by atoms with Crippen molar-refractivity contribution in [3.8, 4) is 5.75 Å². The Morgan fingerprint density at radius 2 is 1.96 bits per heavy atom. The van der Waals surface area contributed by atoms with E-state index in [4.69, 9.17) is 9.15 Å². The predicted octanol–water partition coefficient (Wildman–Crippen LogP) is 3.83. The van der Waals surface area contributed by atoms with E-state index in [1.54, 1.807) is 37.4 Å². The van der Waals surface area contributed by atoms with Crippen LogP contribution in [0.25, 0.3) is 11.0 Å². The largest absolute Gasteiger partial charge is 0.497 e. The average Bonchev–Trinajstić information content (AvgIpc) is 2.73. The van der Waals surface area contributed by atoms with Crippen LogP contribution < -0.4 is 20.5 Å². The molecule has 0 radical (unpaired) electrons. The van der Waals surface area contributed by atoms with Crippen molar-refractivity contribution in [3.63, 3.8) is 0 Å². The lowest BCUT2D eigenvalue weighted by molar-refractivity contribution is 0.102. The number of carbonyl (C=O) groups is 1. The van der Waals surface area contributed by atoms with Crippen LogP contribution in [0.3, 0.4) is 0 Å². The van der Waals surface area contributed by atoms with Crippen LogP contribution >= 0.6 is 0 Å². The molecule has 1 aromatic heterocycles. The van der Waals surface area contributed by atoms with Crippen molar-refractivity contribution < 1.29 is 19.2 Å². The first kappa shape index (κ1) is 19.3. The number of benzene rings is 2. The summed E-state index contributed by atoms with van der Waals surface area (Å²) in [5.41, 5.74) is 2.08.